The summed E-state index contributed by atoms with van der Waals surface area (Å²) in [5.41, 5.74) is 0.403. The lowest BCUT2D eigenvalue weighted by atomic mass is 10.2. The summed E-state index contributed by atoms with van der Waals surface area (Å²) in [7, 11) is 0. The van der Waals surface area contributed by atoms with E-state index in [4.69, 9.17) is 15.5 Å². The third kappa shape index (κ3) is 4.30. The van der Waals surface area contributed by atoms with Gasteiger partial charge >= 0.3 is 18.0 Å². The zero-order valence-electron chi connectivity index (χ0n) is 10.2. The fourth-order valence-electron chi connectivity index (χ4n) is 1.38. The zero-order chi connectivity index (χ0) is 15.1. The molecule has 0 aliphatic heterocycles. The summed E-state index contributed by atoms with van der Waals surface area (Å²) < 4.78 is 0. The zero-order valence-corrected chi connectivity index (χ0v) is 10.2. The van der Waals surface area contributed by atoms with Gasteiger partial charge in [0.05, 0.1) is 17.7 Å². The molecule has 2 amide bonds. The van der Waals surface area contributed by atoms with E-state index in [0.717, 1.165) is 0 Å². The van der Waals surface area contributed by atoms with Gasteiger partial charge in [-0.2, -0.15) is 5.26 Å². The quantitative estimate of drug-likeness (QED) is 0.621. The van der Waals surface area contributed by atoms with Crippen molar-refractivity contribution in [3.8, 4) is 6.07 Å². The van der Waals surface area contributed by atoms with Crippen molar-refractivity contribution in [1.29, 1.82) is 5.26 Å². The van der Waals surface area contributed by atoms with E-state index < -0.39 is 30.4 Å². The van der Waals surface area contributed by atoms with Crippen molar-refractivity contribution in [3.05, 3.63) is 29.8 Å². The van der Waals surface area contributed by atoms with E-state index in [9.17, 15) is 14.4 Å². The highest BCUT2D eigenvalue weighted by Crippen LogP contribution is 2.13. The number of urea groups is 1. The third-order valence-corrected chi connectivity index (χ3v) is 2.28. The van der Waals surface area contributed by atoms with Crippen LogP contribution in [0.1, 0.15) is 12.0 Å². The second kappa shape index (κ2) is 6.75. The van der Waals surface area contributed by atoms with Crippen LogP contribution in [0.5, 0.6) is 0 Å². The van der Waals surface area contributed by atoms with Gasteiger partial charge in [-0.05, 0) is 12.1 Å². The number of nitriles is 1. The van der Waals surface area contributed by atoms with Gasteiger partial charge in [0, 0.05) is 0 Å². The average Bonchev–Trinajstić information content (AvgIpc) is 2.37. The van der Waals surface area contributed by atoms with Gasteiger partial charge in [-0.15, -0.1) is 0 Å². The molecule has 0 aliphatic rings. The highest BCUT2D eigenvalue weighted by molar-refractivity contribution is 5.94. The third-order valence-electron chi connectivity index (χ3n) is 2.28. The molecule has 104 valence electrons. The SMILES string of the molecule is N#Cc1ccccc1NC(=O)N[C@@H](CC(=O)O)C(=O)O. The Labute approximate surface area is 113 Å². The first-order chi connectivity index (χ1) is 9.43. The van der Waals surface area contributed by atoms with Gasteiger partial charge in [-0.1, -0.05) is 12.1 Å². The number of nitrogens with one attached hydrogen (secondary N) is 2. The number of hydrogen-bond acceptors (Lipinski definition) is 4. The predicted molar refractivity (Wildman–Crippen MR) is 67.0 cm³/mol. The van der Waals surface area contributed by atoms with E-state index >= 15 is 0 Å². The number of amides is 2. The number of carboxylic acids is 2. The summed E-state index contributed by atoms with van der Waals surface area (Å²) in [5, 5.41) is 30.4. The molecular formula is C12H11N3O5. The number of carbonyl (C=O) groups is 3. The van der Waals surface area contributed by atoms with Gasteiger partial charge in [0.1, 0.15) is 12.1 Å². The lowest BCUT2D eigenvalue weighted by Crippen LogP contribution is -2.44. The Balaban J connectivity index is 2.73. The Morgan fingerprint density at radius 2 is 1.90 bits per heavy atom. The first-order valence-electron chi connectivity index (χ1n) is 5.45. The molecule has 0 saturated heterocycles. The molecule has 1 aromatic rings. The molecule has 0 saturated carbocycles. The van der Waals surface area contributed by atoms with Crippen LogP contribution in [0.15, 0.2) is 24.3 Å². The number of carbonyl (C=O) groups excluding carboxylic acids is 1. The standard InChI is InChI=1S/C12H11N3O5/c13-6-7-3-1-2-4-8(7)14-12(20)15-9(11(18)19)5-10(16)17/h1-4,9H,5H2,(H,16,17)(H,18,19)(H2,14,15,20)/t9-/m0/s1. The summed E-state index contributed by atoms with van der Waals surface area (Å²) in [4.78, 5) is 32.9. The van der Waals surface area contributed by atoms with E-state index in [2.05, 4.69) is 5.32 Å². The van der Waals surface area contributed by atoms with Crippen LogP contribution in [-0.4, -0.2) is 34.2 Å². The van der Waals surface area contributed by atoms with E-state index in [1.54, 1.807) is 12.1 Å². The lowest BCUT2D eigenvalue weighted by Gasteiger charge is -2.13. The molecule has 0 aromatic heterocycles. The summed E-state index contributed by atoms with van der Waals surface area (Å²) in [5.74, 6) is -2.81. The van der Waals surface area contributed by atoms with Crippen LogP contribution < -0.4 is 10.6 Å². The Morgan fingerprint density at radius 1 is 1.25 bits per heavy atom. The van der Waals surface area contributed by atoms with Gasteiger partial charge < -0.3 is 20.8 Å². The van der Waals surface area contributed by atoms with Crippen molar-refractivity contribution in [1.82, 2.24) is 5.32 Å². The number of carboxylic acid groups (broad SMARTS) is 2. The highest BCUT2D eigenvalue weighted by Gasteiger charge is 2.23. The molecule has 4 N–H and O–H groups in total. The molecule has 0 unspecified atom stereocenters. The molecule has 0 bridgehead atoms. The molecule has 1 rings (SSSR count). The molecule has 0 radical (unpaired) electrons. The summed E-state index contributed by atoms with van der Waals surface area (Å²) in [6.45, 7) is 0. The number of hydrogen-bond donors (Lipinski definition) is 4. The molecule has 0 heterocycles. The first kappa shape index (κ1) is 15.0. The molecular weight excluding hydrogens is 266 g/mol. The van der Waals surface area contributed by atoms with Crippen LogP contribution in [0.2, 0.25) is 0 Å². The number of rotatable bonds is 5. The van der Waals surface area contributed by atoms with Gasteiger partial charge in [0.15, 0.2) is 0 Å². The lowest BCUT2D eigenvalue weighted by molar-refractivity contribution is -0.145. The van der Waals surface area contributed by atoms with E-state index in [0.29, 0.717) is 0 Å². The van der Waals surface area contributed by atoms with Crippen LogP contribution in [0, 0.1) is 11.3 Å². The van der Waals surface area contributed by atoms with Crippen molar-refractivity contribution in [3.63, 3.8) is 0 Å². The number of anilines is 1. The topological polar surface area (TPSA) is 140 Å². The second-order valence-electron chi connectivity index (χ2n) is 3.74. The normalized spacial score (nSPS) is 10.9. The molecule has 1 atom stereocenters. The average molecular weight is 277 g/mol. The smallest absolute Gasteiger partial charge is 0.326 e. The fraction of sp³-hybridized carbons (Fsp3) is 0.167. The van der Waals surface area contributed by atoms with E-state index in [1.165, 1.54) is 12.1 Å². The minimum absolute atomic E-state index is 0.201. The van der Waals surface area contributed by atoms with Gasteiger partial charge in [-0.25, -0.2) is 9.59 Å². The van der Waals surface area contributed by atoms with Crippen molar-refractivity contribution < 1.29 is 24.6 Å². The molecule has 20 heavy (non-hydrogen) atoms. The molecule has 8 nitrogen and oxygen atoms in total. The molecule has 0 aliphatic carbocycles. The minimum Gasteiger partial charge on any atom is -0.481 e. The number of aliphatic carboxylic acids is 2. The fourth-order valence-corrected chi connectivity index (χ4v) is 1.38. The Bertz CT molecular complexity index is 579. The Morgan fingerprint density at radius 3 is 2.45 bits per heavy atom. The monoisotopic (exact) mass is 277 g/mol. The van der Waals surface area contributed by atoms with Crippen LogP contribution in [0.3, 0.4) is 0 Å². The highest BCUT2D eigenvalue weighted by atomic mass is 16.4. The maximum Gasteiger partial charge on any atom is 0.326 e. The molecule has 1 aromatic carbocycles. The number of nitrogens with zero attached hydrogens (tertiary/aromatic N) is 1. The van der Waals surface area contributed by atoms with Crippen molar-refractivity contribution in [2.75, 3.05) is 5.32 Å². The van der Waals surface area contributed by atoms with Crippen LogP contribution >= 0.6 is 0 Å². The summed E-state index contributed by atoms with van der Waals surface area (Å²) in [6.07, 6.45) is -0.747. The van der Waals surface area contributed by atoms with Crippen molar-refractivity contribution in [2.45, 2.75) is 12.5 Å². The van der Waals surface area contributed by atoms with Gasteiger partial charge in [0.25, 0.3) is 0 Å². The largest absolute Gasteiger partial charge is 0.481 e. The minimum atomic E-state index is -1.55. The molecule has 8 heteroatoms. The van der Waals surface area contributed by atoms with Crippen LogP contribution in [-0.2, 0) is 9.59 Å². The Kier molecular flexibility index (Phi) is 5.05. The van der Waals surface area contributed by atoms with Gasteiger partial charge in [-0.3, -0.25) is 4.79 Å². The summed E-state index contributed by atoms with van der Waals surface area (Å²) in [6, 6.07) is 5.53. The van der Waals surface area contributed by atoms with Crippen LogP contribution in [0.4, 0.5) is 10.5 Å². The maximum atomic E-state index is 11.6. The van der Waals surface area contributed by atoms with E-state index in [1.807, 2.05) is 11.4 Å². The number of benzene rings is 1. The maximum absolute atomic E-state index is 11.6. The second-order valence-corrected chi connectivity index (χ2v) is 3.74. The van der Waals surface area contributed by atoms with Gasteiger partial charge in [0.2, 0.25) is 0 Å². The van der Waals surface area contributed by atoms with E-state index in [-0.39, 0.29) is 11.3 Å². The molecule has 0 spiro atoms. The Hall–Kier alpha value is -3.08. The van der Waals surface area contributed by atoms with Crippen molar-refractivity contribution in [2.24, 2.45) is 0 Å². The number of para-hydroxylation sites is 1. The summed E-state index contributed by atoms with van der Waals surface area (Å²) >= 11 is 0. The first-order valence-corrected chi connectivity index (χ1v) is 5.45. The predicted octanol–water partition coefficient (Wildman–Crippen LogP) is 0.608. The van der Waals surface area contributed by atoms with Crippen molar-refractivity contribution >= 4 is 23.7 Å². The van der Waals surface area contributed by atoms with Crippen LogP contribution in [0.25, 0.3) is 0 Å². The molecule has 0 fully saturated rings.